The number of fused-ring (bicyclic) bond motifs is 1. The van der Waals surface area contributed by atoms with Gasteiger partial charge in [0.05, 0.1) is 17.3 Å². The molecule has 1 aliphatic rings. The lowest BCUT2D eigenvalue weighted by Crippen LogP contribution is -2.06. The fourth-order valence-corrected chi connectivity index (χ4v) is 2.24. The zero-order valence-electron chi connectivity index (χ0n) is 10.7. The highest BCUT2D eigenvalue weighted by molar-refractivity contribution is 6.28. The van der Waals surface area contributed by atoms with Crippen LogP contribution in [0.3, 0.4) is 0 Å². The topological polar surface area (TPSA) is 58.8 Å². The van der Waals surface area contributed by atoms with E-state index in [0.29, 0.717) is 12.2 Å². The van der Waals surface area contributed by atoms with Crippen LogP contribution in [0.5, 0.6) is 5.75 Å². The molecule has 0 spiro atoms. The van der Waals surface area contributed by atoms with Gasteiger partial charge in [-0.1, -0.05) is 0 Å². The van der Waals surface area contributed by atoms with Crippen molar-refractivity contribution in [2.45, 2.75) is 6.92 Å². The lowest BCUT2D eigenvalue weighted by atomic mass is 10.0. The van der Waals surface area contributed by atoms with Crippen LogP contribution in [-0.2, 0) is 0 Å². The second-order valence-electron chi connectivity index (χ2n) is 4.49. The minimum Gasteiger partial charge on any atom is -0.488 e. The summed E-state index contributed by atoms with van der Waals surface area (Å²) in [6.07, 6.45) is 3.53. The summed E-state index contributed by atoms with van der Waals surface area (Å²) in [5.74, 6) is 0.769. The molecule has 0 unspecified atom stereocenters. The summed E-state index contributed by atoms with van der Waals surface area (Å²) in [6, 6.07) is 7.86. The lowest BCUT2D eigenvalue weighted by Gasteiger charge is -2.15. The van der Waals surface area contributed by atoms with E-state index >= 15 is 0 Å². The third kappa shape index (κ3) is 2.24. The van der Waals surface area contributed by atoms with Gasteiger partial charge in [-0.15, -0.1) is 0 Å². The van der Waals surface area contributed by atoms with Crippen LogP contribution in [0.25, 0.3) is 17.3 Å². The minimum absolute atomic E-state index is 0.216. The Balaban J connectivity index is 2.12. The first-order valence-corrected chi connectivity index (χ1v) is 6.42. The first-order chi connectivity index (χ1) is 9.67. The molecule has 1 aliphatic heterocycles. The Hall–Kier alpha value is -2.38. The van der Waals surface area contributed by atoms with E-state index < -0.39 is 0 Å². The quantitative estimate of drug-likeness (QED) is 0.753. The number of aromatic nitrogens is 2. The van der Waals surface area contributed by atoms with Gasteiger partial charge in [-0.3, -0.25) is 0 Å². The second kappa shape index (κ2) is 4.95. The maximum absolute atomic E-state index is 8.95. The van der Waals surface area contributed by atoms with E-state index in [1.807, 2.05) is 31.2 Å². The van der Waals surface area contributed by atoms with Crippen molar-refractivity contribution < 1.29 is 4.74 Å². The number of hydrogen-bond donors (Lipinski definition) is 0. The molecule has 0 aliphatic carbocycles. The van der Waals surface area contributed by atoms with Crippen LogP contribution in [0.2, 0.25) is 5.28 Å². The Bertz CT molecular complexity index is 762. The molecular weight excluding hydrogens is 274 g/mol. The van der Waals surface area contributed by atoms with Crippen LogP contribution in [0.1, 0.15) is 11.1 Å². The predicted octanol–water partition coefficient (Wildman–Crippen LogP) is 3.40. The Kier molecular flexibility index (Phi) is 3.13. The first kappa shape index (κ1) is 12.6. The van der Waals surface area contributed by atoms with Crippen molar-refractivity contribution in [3.05, 3.63) is 46.4 Å². The third-order valence-electron chi connectivity index (χ3n) is 3.08. The normalized spacial score (nSPS) is 12.9. The molecule has 1 aromatic carbocycles. The van der Waals surface area contributed by atoms with Gasteiger partial charge in [-0.05, 0) is 48.4 Å². The molecule has 0 bridgehead atoms. The van der Waals surface area contributed by atoms with E-state index in [-0.39, 0.29) is 5.28 Å². The first-order valence-electron chi connectivity index (χ1n) is 6.04. The van der Waals surface area contributed by atoms with Crippen LogP contribution in [0.4, 0.5) is 0 Å². The van der Waals surface area contributed by atoms with Gasteiger partial charge in [-0.25, -0.2) is 9.97 Å². The van der Waals surface area contributed by atoms with Gasteiger partial charge in [0.25, 0.3) is 0 Å². The van der Waals surface area contributed by atoms with Crippen molar-refractivity contribution in [1.82, 2.24) is 9.97 Å². The van der Waals surface area contributed by atoms with Gasteiger partial charge in [0.2, 0.25) is 5.28 Å². The molecular formula is C15H10ClN3O. The molecule has 1 aromatic heterocycles. The number of hydrogen-bond acceptors (Lipinski definition) is 4. The molecule has 2 heterocycles. The van der Waals surface area contributed by atoms with Crippen LogP contribution in [-0.4, -0.2) is 16.6 Å². The molecule has 0 atom stereocenters. The molecule has 0 fully saturated rings. The van der Waals surface area contributed by atoms with E-state index in [9.17, 15) is 0 Å². The summed E-state index contributed by atoms with van der Waals surface area (Å²) in [7, 11) is 0. The SMILES string of the molecule is Cc1cnc(Cl)nc1-c1ccc2c(c1)C=C(C#N)CO2. The Morgan fingerprint density at radius 1 is 1.40 bits per heavy atom. The molecule has 98 valence electrons. The highest BCUT2D eigenvalue weighted by Gasteiger charge is 2.13. The molecule has 20 heavy (non-hydrogen) atoms. The number of halogens is 1. The van der Waals surface area contributed by atoms with Crippen molar-refractivity contribution in [1.29, 1.82) is 5.26 Å². The summed E-state index contributed by atoms with van der Waals surface area (Å²) in [4.78, 5) is 8.21. The van der Waals surface area contributed by atoms with Gasteiger partial charge in [0.15, 0.2) is 0 Å². The van der Waals surface area contributed by atoms with Crippen molar-refractivity contribution in [2.24, 2.45) is 0 Å². The van der Waals surface area contributed by atoms with Crippen molar-refractivity contribution in [3.8, 4) is 23.1 Å². The number of aryl methyl sites for hydroxylation is 1. The molecule has 5 heteroatoms. The minimum atomic E-state index is 0.216. The maximum atomic E-state index is 8.95. The fraction of sp³-hybridized carbons (Fsp3) is 0.133. The summed E-state index contributed by atoms with van der Waals surface area (Å²) >= 11 is 5.85. The maximum Gasteiger partial charge on any atom is 0.222 e. The Labute approximate surface area is 121 Å². The van der Waals surface area contributed by atoms with E-state index in [0.717, 1.165) is 28.1 Å². The average molecular weight is 284 g/mol. The van der Waals surface area contributed by atoms with Crippen LogP contribution >= 0.6 is 11.6 Å². The highest BCUT2D eigenvalue weighted by Crippen LogP contribution is 2.31. The average Bonchev–Trinajstić information content (AvgIpc) is 2.48. The van der Waals surface area contributed by atoms with Crippen molar-refractivity contribution >= 4 is 17.7 Å². The van der Waals surface area contributed by atoms with E-state index in [2.05, 4.69) is 16.0 Å². The Morgan fingerprint density at radius 2 is 2.25 bits per heavy atom. The number of rotatable bonds is 1. The third-order valence-corrected chi connectivity index (χ3v) is 3.26. The molecule has 0 radical (unpaired) electrons. The molecule has 0 saturated heterocycles. The molecule has 3 rings (SSSR count). The van der Waals surface area contributed by atoms with Crippen LogP contribution in [0.15, 0.2) is 30.0 Å². The van der Waals surface area contributed by atoms with Gasteiger partial charge in [0.1, 0.15) is 12.4 Å². The summed E-state index contributed by atoms with van der Waals surface area (Å²) in [6.45, 7) is 2.25. The number of benzene rings is 1. The Morgan fingerprint density at radius 3 is 3.05 bits per heavy atom. The summed E-state index contributed by atoms with van der Waals surface area (Å²) in [5, 5.41) is 9.16. The molecule has 0 saturated carbocycles. The monoisotopic (exact) mass is 283 g/mol. The number of nitriles is 1. The fourth-order valence-electron chi connectivity index (χ4n) is 2.10. The van der Waals surface area contributed by atoms with E-state index in [1.54, 1.807) is 6.20 Å². The largest absolute Gasteiger partial charge is 0.488 e. The molecule has 2 aromatic rings. The molecule has 0 amide bonds. The van der Waals surface area contributed by atoms with E-state index in [4.69, 9.17) is 21.6 Å². The zero-order chi connectivity index (χ0) is 14.1. The van der Waals surface area contributed by atoms with Gasteiger partial charge in [-0.2, -0.15) is 5.26 Å². The lowest BCUT2D eigenvalue weighted by molar-refractivity contribution is 0.352. The van der Waals surface area contributed by atoms with Crippen LogP contribution in [0, 0.1) is 18.3 Å². The zero-order valence-corrected chi connectivity index (χ0v) is 11.5. The smallest absolute Gasteiger partial charge is 0.222 e. The molecule has 0 N–H and O–H groups in total. The summed E-state index contributed by atoms with van der Waals surface area (Å²) < 4.78 is 5.52. The summed E-state index contributed by atoms with van der Waals surface area (Å²) in [5.41, 5.74) is 4.12. The van der Waals surface area contributed by atoms with Crippen molar-refractivity contribution in [3.63, 3.8) is 0 Å². The van der Waals surface area contributed by atoms with Crippen molar-refractivity contribution in [2.75, 3.05) is 6.61 Å². The predicted molar refractivity (Wildman–Crippen MR) is 76.3 cm³/mol. The van der Waals surface area contributed by atoms with E-state index in [1.165, 1.54) is 0 Å². The molecule has 4 nitrogen and oxygen atoms in total. The highest BCUT2D eigenvalue weighted by atomic mass is 35.5. The number of nitrogens with zero attached hydrogens (tertiary/aromatic N) is 3. The van der Waals surface area contributed by atoms with Gasteiger partial charge >= 0.3 is 0 Å². The van der Waals surface area contributed by atoms with Gasteiger partial charge < -0.3 is 4.74 Å². The number of ether oxygens (including phenoxy) is 1. The van der Waals surface area contributed by atoms with Crippen LogP contribution < -0.4 is 4.74 Å². The second-order valence-corrected chi connectivity index (χ2v) is 4.83. The van der Waals surface area contributed by atoms with Gasteiger partial charge in [0, 0.05) is 17.3 Å². The standard InChI is InChI=1S/C15H10ClN3O/c1-9-7-18-15(16)19-14(9)11-2-3-13-12(5-11)4-10(6-17)8-20-13/h2-5,7H,8H2,1H3.